The minimum Gasteiger partial charge on any atom is -0.445 e. The molecule has 0 aliphatic heterocycles. The summed E-state index contributed by atoms with van der Waals surface area (Å²) < 4.78 is 5.18. The van der Waals surface area contributed by atoms with Crippen LogP contribution in [0, 0.1) is 0 Å². The van der Waals surface area contributed by atoms with Gasteiger partial charge in [-0.15, -0.1) is 0 Å². The van der Waals surface area contributed by atoms with Crippen molar-refractivity contribution in [1.29, 1.82) is 0 Å². The Kier molecular flexibility index (Phi) is 5.42. The van der Waals surface area contributed by atoms with E-state index in [1.54, 1.807) is 0 Å². The number of alkyl carbamates (subject to hydrolysis) is 1. The average Bonchev–Trinajstić information content (AvgIpc) is 2.67. The van der Waals surface area contributed by atoms with Crippen molar-refractivity contribution in [1.82, 2.24) is 5.32 Å². The number of ether oxygens (including phenoxy) is 1. The summed E-state index contributed by atoms with van der Waals surface area (Å²) in [6.45, 7) is 0.173. The van der Waals surface area contributed by atoms with Gasteiger partial charge >= 0.3 is 6.09 Å². The van der Waals surface area contributed by atoms with Crippen LogP contribution in [0.2, 0.25) is 0 Å². The number of nitrogens with one attached hydrogen (secondary N) is 1. The topological polar surface area (TPSA) is 55.4 Å². The van der Waals surface area contributed by atoms with E-state index in [2.05, 4.69) is 5.32 Å². The minimum atomic E-state index is -0.630. The molecule has 3 aromatic rings. The maximum Gasteiger partial charge on any atom is 0.408 e. The van der Waals surface area contributed by atoms with Gasteiger partial charge in [0.25, 0.3) is 0 Å². The predicted octanol–water partition coefficient (Wildman–Crippen LogP) is 3.88. The molecule has 0 aromatic heterocycles. The van der Waals surface area contributed by atoms with Gasteiger partial charge < -0.3 is 14.8 Å². The lowest BCUT2D eigenvalue weighted by molar-refractivity contribution is -0.109. The largest absolute Gasteiger partial charge is 0.445 e. The van der Waals surface area contributed by atoms with Gasteiger partial charge in [-0.2, -0.15) is 0 Å². The number of aldehydes is 1. The van der Waals surface area contributed by atoms with Crippen LogP contribution in [-0.2, 0) is 22.6 Å². The fourth-order valence-corrected chi connectivity index (χ4v) is 2.76. The molecule has 0 fully saturated rings. The molecule has 0 heterocycles. The van der Waals surface area contributed by atoms with Gasteiger partial charge in [-0.3, -0.25) is 0 Å². The molecule has 0 bridgehead atoms. The number of amides is 1. The second kappa shape index (κ2) is 8.11. The summed E-state index contributed by atoms with van der Waals surface area (Å²) in [5, 5.41) is 4.81. The smallest absolute Gasteiger partial charge is 0.408 e. The summed E-state index contributed by atoms with van der Waals surface area (Å²) in [4.78, 5) is 23.3. The van der Waals surface area contributed by atoms with E-state index >= 15 is 0 Å². The molecule has 1 atom stereocenters. The van der Waals surface area contributed by atoms with E-state index in [1.165, 1.54) is 0 Å². The van der Waals surface area contributed by atoms with Crippen LogP contribution in [0.1, 0.15) is 11.1 Å². The molecule has 126 valence electrons. The van der Waals surface area contributed by atoms with E-state index in [9.17, 15) is 9.59 Å². The SMILES string of the molecule is O=CC(Cc1cccc2ccccc12)NC(=O)OCc1ccccc1. The van der Waals surface area contributed by atoms with E-state index in [4.69, 9.17) is 4.74 Å². The summed E-state index contributed by atoms with van der Waals surface area (Å²) in [5.74, 6) is 0. The van der Waals surface area contributed by atoms with E-state index in [1.807, 2.05) is 72.8 Å². The lowest BCUT2D eigenvalue weighted by Crippen LogP contribution is -2.37. The van der Waals surface area contributed by atoms with E-state index in [-0.39, 0.29) is 6.61 Å². The third kappa shape index (κ3) is 4.44. The van der Waals surface area contributed by atoms with Crippen LogP contribution in [0.25, 0.3) is 10.8 Å². The number of benzene rings is 3. The highest BCUT2D eigenvalue weighted by Crippen LogP contribution is 2.19. The second-order valence-electron chi connectivity index (χ2n) is 5.79. The van der Waals surface area contributed by atoms with Gasteiger partial charge in [0.15, 0.2) is 0 Å². The molecule has 1 amide bonds. The average molecular weight is 333 g/mol. The Labute approximate surface area is 146 Å². The number of carbonyl (C=O) groups excluding carboxylic acids is 2. The normalized spacial score (nSPS) is 11.7. The highest BCUT2D eigenvalue weighted by molar-refractivity contribution is 5.86. The molecule has 0 saturated heterocycles. The van der Waals surface area contributed by atoms with Gasteiger partial charge in [-0.25, -0.2) is 4.79 Å². The van der Waals surface area contributed by atoms with Crippen LogP contribution in [-0.4, -0.2) is 18.4 Å². The Bertz CT molecular complexity index is 856. The summed E-state index contributed by atoms with van der Waals surface area (Å²) in [6.07, 6.45) is 0.567. The van der Waals surface area contributed by atoms with Crippen LogP contribution in [0.4, 0.5) is 4.79 Å². The first-order valence-corrected chi connectivity index (χ1v) is 8.15. The van der Waals surface area contributed by atoms with Crippen LogP contribution >= 0.6 is 0 Å². The molecule has 0 spiro atoms. The van der Waals surface area contributed by atoms with E-state index in [0.717, 1.165) is 28.2 Å². The molecule has 0 radical (unpaired) electrons. The Morgan fingerprint density at radius 3 is 2.48 bits per heavy atom. The highest BCUT2D eigenvalue weighted by atomic mass is 16.5. The fourth-order valence-electron chi connectivity index (χ4n) is 2.76. The van der Waals surface area contributed by atoms with Crippen LogP contribution in [0.3, 0.4) is 0 Å². The van der Waals surface area contributed by atoms with Crippen molar-refractivity contribution in [3.05, 3.63) is 83.9 Å². The van der Waals surface area contributed by atoms with Crippen molar-refractivity contribution in [3.63, 3.8) is 0 Å². The third-order valence-corrected chi connectivity index (χ3v) is 4.00. The van der Waals surface area contributed by atoms with Gasteiger partial charge in [0, 0.05) is 6.42 Å². The summed E-state index contributed by atoms with van der Waals surface area (Å²) in [7, 11) is 0. The van der Waals surface area contributed by atoms with Crippen molar-refractivity contribution in [3.8, 4) is 0 Å². The van der Waals surface area contributed by atoms with Gasteiger partial charge in [-0.05, 0) is 21.9 Å². The molecule has 4 nitrogen and oxygen atoms in total. The summed E-state index contributed by atoms with van der Waals surface area (Å²) in [6, 6.07) is 22.7. The number of rotatable bonds is 6. The lowest BCUT2D eigenvalue weighted by atomic mass is 9.99. The lowest BCUT2D eigenvalue weighted by Gasteiger charge is -2.14. The molecule has 3 aromatic carbocycles. The van der Waals surface area contributed by atoms with Crippen molar-refractivity contribution >= 4 is 23.2 Å². The van der Waals surface area contributed by atoms with Gasteiger partial charge in [0.2, 0.25) is 0 Å². The predicted molar refractivity (Wildman–Crippen MR) is 97.3 cm³/mol. The zero-order valence-corrected chi connectivity index (χ0v) is 13.7. The third-order valence-electron chi connectivity index (χ3n) is 4.00. The number of hydrogen-bond acceptors (Lipinski definition) is 3. The number of fused-ring (bicyclic) bond motifs is 1. The van der Waals surface area contributed by atoms with Gasteiger partial charge in [0.1, 0.15) is 12.9 Å². The van der Waals surface area contributed by atoms with Gasteiger partial charge in [-0.1, -0.05) is 72.8 Å². The first-order valence-electron chi connectivity index (χ1n) is 8.15. The molecule has 3 rings (SSSR count). The van der Waals surface area contributed by atoms with Gasteiger partial charge in [0.05, 0.1) is 6.04 Å². The molecule has 1 N–H and O–H groups in total. The molecule has 4 heteroatoms. The van der Waals surface area contributed by atoms with Crippen LogP contribution in [0.5, 0.6) is 0 Å². The maximum atomic E-state index is 11.9. The molecule has 0 aliphatic rings. The zero-order valence-electron chi connectivity index (χ0n) is 13.7. The van der Waals surface area contributed by atoms with Crippen molar-refractivity contribution in [2.45, 2.75) is 19.1 Å². The molecule has 1 unspecified atom stereocenters. The van der Waals surface area contributed by atoms with Crippen LogP contribution < -0.4 is 5.32 Å². The maximum absolute atomic E-state index is 11.9. The van der Waals surface area contributed by atoms with E-state index < -0.39 is 12.1 Å². The summed E-state index contributed by atoms with van der Waals surface area (Å²) >= 11 is 0. The molecular weight excluding hydrogens is 314 g/mol. The zero-order chi connectivity index (χ0) is 17.5. The van der Waals surface area contributed by atoms with Crippen molar-refractivity contribution in [2.75, 3.05) is 0 Å². The van der Waals surface area contributed by atoms with E-state index in [0.29, 0.717) is 6.42 Å². The van der Waals surface area contributed by atoms with Crippen LogP contribution in [0.15, 0.2) is 72.8 Å². The highest BCUT2D eigenvalue weighted by Gasteiger charge is 2.14. The Morgan fingerprint density at radius 2 is 1.68 bits per heavy atom. The quantitative estimate of drug-likeness (QED) is 0.697. The first-order chi connectivity index (χ1) is 12.3. The fraction of sp³-hybridized carbons (Fsp3) is 0.143. The number of carbonyl (C=O) groups is 2. The molecule has 25 heavy (non-hydrogen) atoms. The summed E-state index contributed by atoms with van der Waals surface area (Å²) in [5.41, 5.74) is 1.91. The Morgan fingerprint density at radius 1 is 0.960 bits per heavy atom. The Balaban J connectivity index is 1.62. The standard InChI is InChI=1S/C21H19NO3/c23-14-19(22-21(24)25-15-16-7-2-1-3-8-16)13-18-11-6-10-17-9-4-5-12-20(17)18/h1-12,14,19H,13,15H2,(H,22,24). The van der Waals surface area contributed by atoms with Crippen molar-refractivity contribution in [2.24, 2.45) is 0 Å². The first kappa shape index (κ1) is 16.7. The monoisotopic (exact) mass is 333 g/mol. The Hall–Kier alpha value is -3.14. The molecule has 0 aliphatic carbocycles. The molecular formula is C21H19NO3. The number of hydrogen-bond donors (Lipinski definition) is 1. The van der Waals surface area contributed by atoms with Crippen molar-refractivity contribution < 1.29 is 14.3 Å². The minimum absolute atomic E-state index is 0.173. The second-order valence-corrected chi connectivity index (χ2v) is 5.79. The molecule has 0 saturated carbocycles.